The van der Waals surface area contributed by atoms with Crippen molar-refractivity contribution in [2.75, 3.05) is 47.5 Å². The third-order valence-electron chi connectivity index (χ3n) is 9.57. The second-order valence-corrected chi connectivity index (χ2v) is 17.8. The van der Waals surface area contributed by atoms with E-state index in [1.54, 1.807) is 0 Å². The van der Waals surface area contributed by atoms with Crippen LogP contribution < -0.4 is 4.89 Å². The Morgan fingerprint density at radius 3 is 1.78 bits per heavy atom. The second-order valence-electron chi connectivity index (χ2n) is 16.3. The number of likely N-dealkylation sites (N-methyl/N-ethyl adjacent to an activating group) is 1. The molecule has 0 aromatic carbocycles. The molecule has 338 valence electrons. The number of hydrogen-bond donors (Lipinski definition) is 1. The highest BCUT2D eigenvalue weighted by Gasteiger charge is 2.21. The van der Waals surface area contributed by atoms with Gasteiger partial charge in [0.25, 0.3) is 7.82 Å². The van der Waals surface area contributed by atoms with Gasteiger partial charge in [-0.3, -0.25) is 19.4 Å². The highest BCUT2D eigenvalue weighted by atomic mass is 31.2. The normalized spacial score (nSPS) is 14.5. The summed E-state index contributed by atoms with van der Waals surface area (Å²) in [6, 6.07) is 0. The van der Waals surface area contributed by atoms with Gasteiger partial charge in [-0.05, 0) is 38.5 Å². The van der Waals surface area contributed by atoms with Crippen molar-refractivity contribution in [2.45, 2.75) is 187 Å². The molecule has 0 saturated carbocycles. The number of nitrogens with zero attached hydrogens (tertiary/aromatic N) is 1. The third-order valence-corrected chi connectivity index (χ3v) is 10.5. The average Bonchev–Trinajstić information content (AvgIpc) is 3.17. The van der Waals surface area contributed by atoms with E-state index in [2.05, 4.69) is 30.9 Å². The van der Waals surface area contributed by atoms with Crippen molar-refractivity contribution >= 4 is 19.8 Å². The summed E-state index contributed by atoms with van der Waals surface area (Å²) in [6.07, 6.45) is 40.3. The first-order valence-corrected chi connectivity index (χ1v) is 24.1. The number of phosphoric acid groups is 1. The average molecular weight is 842 g/mol. The summed E-state index contributed by atoms with van der Waals surface area (Å²) in [6.45, 7) is 4.00. The molecule has 1 N–H and O–H groups in total. The summed E-state index contributed by atoms with van der Waals surface area (Å²) >= 11 is 0. The summed E-state index contributed by atoms with van der Waals surface area (Å²) in [5.74, 6) is -0.933. The fourth-order valence-electron chi connectivity index (χ4n) is 5.95. The third kappa shape index (κ3) is 40.7. The maximum absolute atomic E-state index is 12.7. The van der Waals surface area contributed by atoms with Crippen molar-refractivity contribution in [1.82, 2.24) is 0 Å². The smallest absolute Gasteiger partial charge is 0.306 e. The van der Waals surface area contributed by atoms with Gasteiger partial charge in [-0.25, -0.2) is 4.89 Å². The van der Waals surface area contributed by atoms with Crippen LogP contribution in [-0.2, 0) is 37.6 Å². The van der Waals surface area contributed by atoms with Gasteiger partial charge in [0.15, 0.2) is 6.10 Å². The van der Waals surface area contributed by atoms with E-state index in [1.165, 1.54) is 77.0 Å². The van der Waals surface area contributed by atoms with Crippen LogP contribution in [0.25, 0.3) is 0 Å². The van der Waals surface area contributed by atoms with Gasteiger partial charge in [0, 0.05) is 12.8 Å². The number of carbonyl (C=O) groups is 2. The van der Waals surface area contributed by atoms with Gasteiger partial charge in [0.1, 0.15) is 25.9 Å². The van der Waals surface area contributed by atoms with Crippen LogP contribution in [0.3, 0.4) is 0 Å². The first-order valence-electron chi connectivity index (χ1n) is 22.6. The zero-order chi connectivity index (χ0) is 43.0. The molecule has 0 aliphatic rings. The molecule has 0 bridgehead atoms. The molecule has 0 aliphatic heterocycles. The van der Waals surface area contributed by atoms with Gasteiger partial charge >= 0.3 is 11.9 Å². The number of phosphoric ester groups is 1. The number of hydrogen-bond acceptors (Lipinski definition) is 10. The van der Waals surface area contributed by atoms with E-state index in [0.717, 1.165) is 51.4 Å². The van der Waals surface area contributed by atoms with E-state index in [-0.39, 0.29) is 32.2 Å². The Hall–Kier alpha value is -2.11. The van der Waals surface area contributed by atoms with Crippen molar-refractivity contribution in [3.05, 3.63) is 48.6 Å². The fourth-order valence-corrected chi connectivity index (χ4v) is 6.68. The van der Waals surface area contributed by atoms with E-state index < -0.39 is 32.5 Å². The standard InChI is InChI=1S/C46H84NO10P/c1-6-8-10-11-12-13-14-15-16-17-20-23-26-29-33-37-45(48)53-41-44(42-55-58(51,52)54-40-39-47(3,4)5)56-46(49)38-34-30-27-24-21-18-19-22-25-28-32-36-43(57-50)35-31-9-7-2/h18-19,24-25,27-28,32,36,43-44H,6-17,20-23,26,29-31,33-35,37-42H2,1-5H3,(H-,50,51,52). The molecule has 0 radical (unpaired) electrons. The number of esters is 2. The fraction of sp³-hybridized carbons (Fsp3) is 0.783. The minimum atomic E-state index is -4.65. The van der Waals surface area contributed by atoms with Crippen LogP contribution in [0.1, 0.15) is 174 Å². The largest absolute Gasteiger partial charge is 0.756 e. The van der Waals surface area contributed by atoms with E-state index in [0.29, 0.717) is 30.3 Å². The zero-order valence-corrected chi connectivity index (χ0v) is 38.2. The molecule has 58 heavy (non-hydrogen) atoms. The topological polar surface area (TPSA) is 141 Å². The van der Waals surface area contributed by atoms with Crippen molar-refractivity contribution < 1.29 is 52.2 Å². The molecule has 0 rings (SSSR count). The summed E-state index contributed by atoms with van der Waals surface area (Å²) in [5, 5.41) is 9.00. The molecule has 3 unspecified atom stereocenters. The Balaban J connectivity index is 4.51. The first-order chi connectivity index (χ1) is 27.9. The molecule has 0 aliphatic carbocycles. The van der Waals surface area contributed by atoms with Gasteiger partial charge in [-0.15, -0.1) is 0 Å². The highest BCUT2D eigenvalue weighted by molar-refractivity contribution is 7.45. The molecule has 11 nitrogen and oxygen atoms in total. The molecule has 0 saturated heterocycles. The predicted octanol–water partition coefficient (Wildman–Crippen LogP) is 11.5. The predicted molar refractivity (Wildman–Crippen MR) is 234 cm³/mol. The van der Waals surface area contributed by atoms with Gasteiger partial charge < -0.3 is 27.9 Å². The molecule has 0 spiro atoms. The number of unbranched alkanes of at least 4 members (excludes halogenated alkanes) is 17. The second kappa shape index (κ2) is 39.1. The van der Waals surface area contributed by atoms with Crippen LogP contribution >= 0.6 is 7.82 Å². The van der Waals surface area contributed by atoms with Crippen molar-refractivity contribution in [1.29, 1.82) is 0 Å². The van der Waals surface area contributed by atoms with Crippen LogP contribution in [0.5, 0.6) is 0 Å². The molecular formula is C46H84NO10P. The van der Waals surface area contributed by atoms with Crippen LogP contribution in [-0.4, -0.2) is 81.4 Å². The van der Waals surface area contributed by atoms with E-state index in [1.807, 2.05) is 57.6 Å². The lowest BCUT2D eigenvalue weighted by Gasteiger charge is -2.28. The van der Waals surface area contributed by atoms with Gasteiger partial charge in [-0.2, -0.15) is 0 Å². The molecule has 0 heterocycles. The minimum Gasteiger partial charge on any atom is -0.756 e. The molecule has 0 amide bonds. The van der Waals surface area contributed by atoms with Gasteiger partial charge in [0.2, 0.25) is 0 Å². The zero-order valence-electron chi connectivity index (χ0n) is 37.3. The van der Waals surface area contributed by atoms with Crippen molar-refractivity contribution in [3.8, 4) is 0 Å². The molecule has 0 fully saturated rings. The lowest BCUT2D eigenvalue weighted by atomic mass is 10.0. The van der Waals surface area contributed by atoms with E-state index in [9.17, 15) is 19.0 Å². The molecular weight excluding hydrogens is 757 g/mol. The van der Waals surface area contributed by atoms with Crippen LogP contribution in [0.15, 0.2) is 48.6 Å². The number of quaternary nitrogens is 1. The van der Waals surface area contributed by atoms with Crippen molar-refractivity contribution in [3.63, 3.8) is 0 Å². The molecule has 0 aromatic rings. The van der Waals surface area contributed by atoms with E-state index >= 15 is 0 Å². The maximum atomic E-state index is 12.7. The summed E-state index contributed by atoms with van der Waals surface area (Å²) < 4.78 is 33.8. The number of rotatable bonds is 41. The summed E-state index contributed by atoms with van der Waals surface area (Å²) in [7, 11) is 1.09. The summed E-state index contributed by atoms with van der Waals surface area (Å²) in [4.78, 5) is 42.0. The van der Waals surface area contributed by atoms with Gasteiger partial charge in [0.05, 0.1) is 27.7 Å². The lowest BCUT2D eigenvalue weighted by Crippen LogP contribution is -2.37. The maximum Gasteiger partial charge on any atom is 0.306 e. The Morgan fingerprint density at radius 2 is 1.19 bits per heavy atom. The van der Waals surface area contributed by atoms with Gasteiger partial charge in [-0.1, -0.05) is 172 Å². The number of carbonyl (C=O) groups excluding carboxylic acids is 2. The summed E-state index contributed by atoms with van der Waals surface area (Å²) in [5.41, 5.74) is 0. The number of ether oxygens (including phenoxy) is 2. The highest BCUT2D eigenvalue weighted by Crippen LogP contribution is 2.38. The van der Waals surface area contributed by atoms with Crippen LogP contribution in [0.2, 0.25) is 0 Å². The minimum absolute atomic E-state index is 0.0527. The number of allylic oxidation sites excluding steroid dienone is 7. The quantitative estimate of drug-likeness (QED) is 0.00924. The van der Waals surface area contributed by atoms with Crippen LogP contribution in [0, 0.1) is 0 Å². The Kier molecular flexibility index (Phi) is 37.6. The first kappa shape index (κ1) is 55.9. The Morgan fingerprint density at radius 1 is 0.655 bits per heavy atom. The van der Waals surface area contributed by atoms with Crippen molar-refractivity contribution in [2.24, 2.45) is 0 Å². The lowest BCUT2D eigenvalue weighted by molar-refractivity contribution is -0.870. The monoisotopic (exact) mass is 842 g/mol. The molecule has 0 aromatic heterocycles. The Labute approximate surface area is 353 Å². The molecule has 3 atom stereocenters. The Bertz CT molecular complexity index is 1150. The SMILES string of the molecule is CCCCCCCCCCCCCCCCCC(=O)OCC(COP(=O)([O-])OCC[N+](C)(C)C)OC(=O)CCCC=CCC=CCC=CC=CC(CCCCC)OO. The van der Waals surface area contributed by atoms with Crippen LogP contribution in [0.4, 0.5) is 0 Å². The van der Waals surface area contributed by atoms with E-state index in [4.69, 9.17) is 23.8 Å². The molecule has 12 heteroatoms.